The Bertz CT molecular complexity index is 424. The highest BCUT2D eigenvalue weighted by Gasteiger charge is 2.23. The van der Waals surface area contributed by atoms with Crippen molar-refractivity contribution in [1.82, 2.24) is 4.90 Å². The third kappa shape index (κ3) is 4.31. The van der Waals surface area contributed by atoms with E-state index in [-0.39, 0.29) is 11.5 Å². The van der Waals surface area contributed by atoms with E-state index in [4.69, 9.17) is 5.73 Å². The van der Waals surface area contributed by atoms with Gasteiger partial charge < -0.3 is 5.73 Å². The molecule has 118 valence electrons. The summed E-state index contributed by atoms with van der Waals surface area (Å²) >= 11 is 0. The fourth-order valence-corrected chi connectivity index (χ4v) is 3.39. The summed E-state index contributed by atoms with van der Waals surface area (Å²) in [6.45, 7) is 11.1. The molecular formula is C19H32N2. The highest BCUT2D eigenvalue weighted by atomic mass is 15.2. The summed E-state index contributed by atoms with van der Waals surface area (Å²) in [6, 6.07) is 9.79. The van der Waals surface area contributed by atoms with Crippen molar-refractivity contribution in [3.63, 3.8) is 0 Å². The van der Waals surface area contributed by atoms with Crippen LogP contribution in [0.2, 0.25) is 0 Å². The van der Waals surface area contributed by atoms with Crippen LogP contribution in [0, 0.1) is 0 Å². The fraction of sp³-hybridized carbons (Fsp3) is 0.684. The van der Waals surface area contributed by atoms with Crippen molar-refractivity contribution < 1.29 is 0 Å². The van der Waals surface area contributed by atoms with Gasteiger partial charge in [0.25, 0.3) is 0 Å². The van der Waals surface area contributed by atoms with Gasteiger partial charge in [-0.15, -0.1) is 0 Å². The lowest BCUT2D eigenvalue weighted by Gasteiger charge is -2.30. The van der Waals surface area contributed by atoms with Crippen LogP contribution in [-0.2, 0) is 5.41 Å². The number of nitrogens with two attached hydrogens (primary N) is 1. The molecule has 1 aromatic rings. The Morgan fingerprint density at radius 1 is 1.14 bits per heavy atom. The Labute approximate surface area is 130 Å². The van der Waals surface area contributed by atoms with Gasteiger partial charge in [0.15, 0.2) is 0 Å². The quantitative estimate of drug-likeness (QED) is 0.877. The molecule has 0 aromatic heterocycles. The predicted octanol–water partition coefficient (Wildman–Crippen LogP) is 4.25. The molecule has 0 spiro atoms. The smallest absolute Gasteiger partial charge is 0.0424 e. The van der Waals surface area contributed by atoms with Gasteiger partial charge in [0.2, 0.25) is 0 Å². The molecule has 1 aliphatic rings. The maximum Gasteiger partial charge on any atom is 0.0424 e. The Morgan fingerprint density at radius 3 is 2.19 bits per heavy atom. The average molecular weight is 288 g/mol. The SMILES string of the molecule is CCN(CC(N)c1ccc(C(C)(C)C)cc1)C1CCCC1. The fourth-order valence-electron chi connectivity index (χ4n) is 3.39. The third-order valence-electron chi connectivity index (χ3n) is 4.88. The Kier molecular flexibility index (Phi) is 5.45. The molecule has 2 heteroatoms. The molecule has 1 fully saturated rings. The van der Waals surface area contributed by atoms with Gasteiger partial charge in [0, 0.05) is 18.6 Å². The van der Waals surface area contributed by atoms with E-state index in [1.165, 1.54) is 36.8 Å². The summed E-state index contributed by atoms with van der Waals surface area (Å²) < 4.78 is 0. The third-order valence-corrected chi connectivity index (χ3v) is 4.88. The number of hydrogen-bond donors (Lipinski definition) is 1. The molecule has 0 amide bonds. The van der Waals surface area contributed by atoms with Crippen LogP contribution >= 0.6 is 0 Å². The van der Waals surface area contributed by atoms with Gasteiger partial charge in [-0.1, -0.05) is 64.8 Å². The zero-order chi connectivity index (χ0) is 15.5. The molecule has 0 radical (unpaired) electrons. The van der Waals surface area contributed by atoms with Crippen molar-refractivity contribution in [3.8, 4) is 0 Å². The monoisotopic (exact) mass is 288 g/mol. The van der Waals surface area contributed by atoms with E-state index in [1.807, 2.05) is 0 Å². The molecule has 1 aliphatic carbocycles. The minimum atomic E-state index is 0.125. The van der Waals surface area contributed by atoms with Gasteiger partial charge in [-0.05, 0) is 35.9 Å². The number of rotatable bonds is 5. The van der Waals surface area contributed by atoms with Crippen LogP contribution in [0.15, 0.2) is 24.3 Å². The summed E-state index contributed by atoms with van der Waals surface area (Å²) in [7, 11) is 0. The number of benzene rings is 1. The van der Waals surface area contributed by atoms with E-state index in [9.17, 15) is 0 Å². The van der Waals surface area contributed by atoms with Crippen molar-refractivity contribution in [2.45, 2.75) is 70.9 Å². The molecule has 1 unspecified atom stereocenters. The Hall–Kier alpha value is -0.860. The first-order valence-corrected chi connectivity index (χ1v) is 8.52. The summed E-state index contributed by atoms with van der Waals surface area (Å²) in [4.78, 5) is 2.58. The lowest BCUT2D eigenvalue weighted by molar-refractivity contribution is 0.197. The largest absolute Gasteiger partial charge is 0.323 e. The number of hydrogen-bond acceptors (Lipinski definition) is 2. The van der Waals surface area contributed by atoms with Crippen molar-refractivity contribution in [1.29, 1.82) is 0 Å². The number of nitrogens with zero attached hydrogens (tertiary/aromatic N) is 1. The van der Waals surface area contributed by atoms with Gasteiger partial charge in [0.05, 0.1) is 0 Å². The van der Waals surface area contributed by atoms with Gasteiger partial charge in [-0.3, -0.25) is 4.90 Å². The summed E-state index contributed by atoms with van der Waals surface area (Å²) in [5.41, 5.74) is 9.31. The van der Waals surface area contributed by atoms with E-state index < -0.39 is 0 Å². The summed E-state index contributed by atoms with van der Waals surface area (Å²) in [5.74, 6) is 0. The highest BCUT2D eigenvalue weighted by molar-refractivity contribution is 5.29. The van der Waals surface area contributed by atoms with E-state index in [1.54, 1.807) is 0 Å². The van der Waals surface area contributed by atoms with E-state index in [0.717, 1.165) is 19.1 Å². The molecule has 1 saturated carbocycles. The van der Waals surface area contributed by atoms with Crippen molar-refractivity contribution >= 4 is 0 Å². The minimum Gasteiger partial charge on any atom is -0.323 e. The summed E-state index contributed by atoms with van der Waals surface area (Å²) in [5, 5.41) is 0. The second-order valence-electron chi connectivity index (χ2n) is 7.50. The van der Waals surface area contributed by atoms with E-state index in [2.05, 4.69) is 56.9 Å². The predicted molar refractivity (Wildman–Crippen MR) is 91.6 cm³/mol. The van der Waals surface area contributed by atoms with E-state index in [0.29, 0.717) is 0 Å². The van der Waals surface area contributed by atoms with Crippen LogP contribution < -0.4 is 5.73 Å². The Morgan fingerprint density at radius 2 is 1.71 bits per heavy atom. The normalized spacial score (nSPS) is 18.4. The van der Waals surface area contributed by atoms with Crippen LogP contribution in [0.4, 0.5) is 0 Å². The van der Waals surface area contributed by atoms with Gasteiger partial charge in [-0.25, -0.2) is 0 Å². The molecule has 0 bridgehead atoms. The van der Waals surface area contributed by atoms with E-state index >= 15 is 0 Å². The Balaban J connectivity index is 2.00. The van der Waals surface area contributed by atoms with Crippen LogP contribution in [0.5, 0.6) is 0 Å². The zero-order valence-electron chi connectivity index (χ0n) is 14.2. The second-order valence-corrected chi connectivity index (χ2v) is 7.50. The van der Waals surface area contributed by atoms with Gasteiger partial charge in [0.1, 0.15) is 0 Å². The van der Waals surface area contributed by atoms with Crippen LogP contribution in [0.25, 0.3) is 0 Å². The molecule has 1 atom stereocenters. The average Bonchev–Trinajstić information content (AvgIpc) is 2.97. The lowest BCUT2D eigenvalue weighted by atomic mass is 9.86. The van der Waals surface area contributed by atoms with Crippen LogP contribution in [0.1, 0.15) is 70.5 Å². The molecule has 2 nitrogen and oxygen atoms in total. The maximum atomic E-state index is 6.46. The van der Waals surface area contributed by atoms with Crippen LogP contribution in [0.3, 0.4) is 0 Å². The molecule has 2 rings (SSSR count). The molecule has 0 saturated heterocycles. The zero-order valence-corrected chi connectivity index (χ0v) is 14.2. The summed E-state index contributed by atoms with van der Waals surface area (Å²) in [6.07, 6.45) is 5.47. The first kappa shape index (κ1) is 16.5. The standard InChI is InChI=1S/C19H32N2/c1-5-21(17-8-6-7-9-17)14-18(20)15-10-12-16(13-11-15)19(2,3)4/h10-13,17-18H,5-9,14,20H2,1-4H3. The first-order valence-electron chi connectivity index (χ1n) is 8.52. The molecule has 1 aromatic carbocycles. The molecule has 2 N–H and O–H groups in total. The van der Waals surface area contributed by atoms with Crippen molar-refractivity contribution in [2.24, 2.45) is 5.73 Å². The second kappa shape index (κ2) is 6.93. The van der Waals surface area contributed by atoms with Crippen molar-refractivity contribution in [2.75, 3.05) is 13.1 Å². The number of likely N-dealkylation sites (N-methyl/N-ethyl adjacent to an activating group) is 1. The van der Waals surface area contributed by atoms with Gasteiger partial charge >= 0.3 is 0 Å². The van der Waals surface area contributed by atoms with Crippen molar-refractivity contribution in [3.05, 3.63) is 35.4 Å². The molecule has 0 heterocycles. The first-order chi connectivity index (χ1) is 9.91. The lowest BCUT2D eigenvalue weighted by Crippen LogP contribution is -2.38. The topological polar surface area (TPSA) is 29.3 Å². The van der Waals surface area contributed by atoms with Crippen LogP contribution in [-0.4, -0.2) is 24.0 Å². The maximum absolute atomic E-state index is 6.46. The molecular weight excluding hydrogens is 256 g/mol. The molecule has 0 aliphatic heterocycles. The minimum absolute atomic E-state index is 0.125. The highest BCUT2D eigenvalue weighted by Crippen LogP contribution is 2.26. The molecule has 21 heavy (non-hydrogen) atoms. The van der Waals surface area contributed by atoms with Gasteiger partial charge in [-0.2, -0.15) is 0 Å².